The Hall–Kier alpha value is 0.988. The molecule has 4 N–H and O–H groups in total. The van der Waals surface area contributed by atoms with Crippen molar-refractivity contribution in [3.8, 4) is 0 Å². The summed E-state index contributed by atoms with van der Waals surface area (Å²) in [5, 5.41) is 16.1. The molecule has 0 fully saturated rings. The standard InChI is InChI=1S/2C3H10OSi.2C3H8O.Ti/c2*1-5(2,3)4;2*1-3(2)4;/h2*4H,1-3H3;2*3-4H,1-2H3;. The molecule has 0 rings (SSSR count). The maximum Gasteiger partial charge on any atom is 0.179 e. The van der Waals surface area contributed by atoms with Crippen LogP contribution in [0.25, 0.3) is 0 Å². The molecule has 0 unspecified atom stereocenters. The second kappa shape index (κ2) is 17.0. The molecule has 120 valence electrons. The van der Waals surface area contributed by atoms with E-state index in [9.17, 15) is 0 Å². The molecular formula is C12H36O4Si2Ti. The number of aliphatic hydroxyl groups is 2. The molecule has 19 heavy (non-hydrogen) atoms. The summed E-state index contributed by atoms with van der Waals surface area (Å²) >= 11 is 0. The maximum atomic E-state index is 8.66. The van der Waals surface area contributed by atoms with Gasteiger partial charge in [0.2, 0.25) is 0 Å². The van der Waals surface area contributed by atoms with Crippen LogP contribution in [0.5, 0.6) is 0 Å². The zero-order chi connectivity index (χ0) is 16.2. The van der Waals surface area contributed by atoms with Crippen molar-refractivity contribution in [1.82, 2.24) is 0 Å². The monoisotopic (exact) mass is 348 g/mol. The third-order valence-electron chi connectivity index (χ3n) is 0. The van der Waals surface area contributed by atoms with E-state index in [0.29, 0.717) is 0 Å². The molecule has 0 bridgehead atoms. The molecule has 0 aliphatic heterocycles. The summed E-state index contributed by atoms with van der Waals surface area (Å²) in [6.45, 7) is 18.2. The fourth-order valence-corrected chi connectivity index (χ4v) is 0. The van der Waals surface area contributed by atoms with Crippen molar-refractivity contribution in [2.45, 2.75) is 79.2 Å². The predicted molar refractivity (Wildman–Crippen MR) is 85.8 cm³/mol. The molecule has 0 atom stereocenters. The first-order chi connectivity index (χ1) is 7.46. The van der Waals surface area contributed by atoms with E-state index in [2.05, 4.69) is 0 Å². The molecule has 0 radical (unpaired) electrons. The van der Waals surface area contributed by atoms with Crippen molar-refractivity contribution in [3.05, 3.63) is 0 Å². The van der Waals surface area contributed by atoms with Gasteiger partial charge in [0.05, 0.1) is 0 Å². The van der Waals surface area contributed by atoms with E-state index in [1.54, 1.807) is 27.7 Å². The Labute approximate surface area is 137 Å². The van der Waals surface area contributed by atoms with Crippen LogP contribution in [0.1, 0.15) is 27.7 Å². The van der Waals surface area contributed by atoms with Crippen molar-refractivity contribution >= 4 is 16.6 Å². The van der Waals surface area contributed by atoms with E-state index in [0.717, 1.165) is 0 Å². The molecule has 0 aliphatic rings. The molecule has 0 aromatic rings. The van der Waals surface area contributed by atoms with Gasteiger partial charge in [0.1, 0.15) is 0 Å². The molecule has 0 saturated heterocycles. The first kappa shape index (κ1) is 32.1. The minimum atomic E-state index is -1.61. The molecule has 0 aromatic carbocycles. The second-order valence-corrected chi connectivity index (χ2v) is 15.2. The Morgan fingerprint density at radius 2 is 0.579 bits per heavy atom. The van der Waals surface area contributed by atoms with Gasteiger partial charge >= 0.3 is 0 Å². The Kier molecular flexibility index (Phi) is 28.8. The minimum Gasteiger partial charge on any atom is -0.433 e. The van der Waals surface area contributed by atoms with Crippen molar-refractivity contribution in [3.63, 3.8) is 0 Å². The topological polar surface area (TPSA) is 80.9 Å². The summed E-state index contributed by atoms with van der Waals surface area (Å²) in [6, 6.07) is 0. The largest absolute Gasteiger partial charge is 0.433 e. The van der Waals surface area contributed by atoms with Crippen molar-refractivity contribution < 1.29 is 41.5 Å². The molecule has 0 amide bonds. The second-order valence-electron chi connectivity index (χ2n) is 6.53. The van der Waals surface area contributed by atoms with Gasteiger partial charge in [-0.15, -0.1) is 0 Å². The van der Waals surface area contributed by atoms with Gasteiger partial charge in [-0.2, -0.15) is 0 Å². The quantitative estimate of drug-likeness (QED) is 0.507. The average molecular weight is 348 g/mol. The van der Waals surface area contributed by atoms with Gasteiger partial charge in [-0.3, -0.25) is 0 Å². The molecule has 0 aromatic heterocycles. The molecular weight excluding hydrogens is 312 g/mol. The fourth-order valence-electron chi connectivity index (χ4n) is 0. The van der Waals surface area contributed by atoms with Crippen LogP contribution in [-0.4, -0.2) is 48.6 Å². The van der Waals surface area contributed by atoms with Crippen LogP contribution >= 0.6 is 0 Å². The van der Waals surface area contributed by atoms with Crippen molar-refractivity contribution in [2.75, 3.05) is 0 Å². The van der Waals surface area contributed by atoms with E-state index in [1.807, 2.05) is 39.3 Å². The zero-order valence-corrected chi connectivity index (χ0v) is 18.0. The number of hydrogen-bond acceptors (Lipinski definition) is 4. The molecule has 0 saturated carbocycles. The number of hydrogen-bond donors (Lipinski definition) is 4. The normalized spacial score (nSPS) is 10.1. The van der Waals surface area contributed by atoms with Crippen LogP contribution in [-0.2, 0) is 21.7 Å². The van der Waals surface area contributed by atoms with Crippen LogP contribution in [0.3, 0.4) is 0 Å². The van der Waals surface area contributed by atoms with E-state index in [4.69, 9.17) is 19.8 Å². The van der Waals surface area contributed by atoms with E-state index in [1.165, 1.54) is 0 Å². The van der Waals surface area contributed by atoms with Crippen LogP contribution in [0.4, 0.5) is 0 Å². The molecule has 0 aliphatic carbocycles. The number of rotatable bonds is 0. The smallest absolute Gasteiger partial charge is 0.179 e. The van der Waals surface area contributed by atoms with Gasteiger partial charge in [-0.25, -0.2) is 0 Å². The summed E-state index contributed by atoms with van der Waals surface area (Å²) < 4.78 is 0. The maximum absolute atomic E-state index is 8.66. The summed E-state index contributed by atoms with van der Waals surface area (Å²) in [7, 11) is -3.22. The molecule has 4 nitrogen and oxygen atoms in total. The molecule has 0 heterocycles. The van der Waals surface area contributed by atoms with Crippen molar-refractivity contribution in [2.24, 2.45) is 0 Å². The van der Waals surface area contributed by atoms with Gasteiger partial charge in [-0.05, 0) is 67.0 Å². The van der Waals surface area contributed by atoms with Gasteiger partial charge in [0.25, 0.3) is 0 Å². The first-order valence-corrected chi connectivity index (χ1v) is 13.2. The Morgan fingerprint density at radius 3 is 0.579 bits per heavy atom. The SMILES string of the molecule is CC(C)O.CC(C)O.C[Si](C)(C)O.C[Si](C)(C)O.[Ti]. The third kappa shape index (κ3) is 5610. The van der Waals surface area contributed by atoms with Crippen LogP contribution < -0.4 is 0 Å². The van der Waals surface area contributed by atoms with E-state index in [-0.39, 0.29) is 33.9 Å². The Bertz CT molecular complexity index is 119. The fraction of sp³-hybridized carbons (Fsp3) is 1.00. The molecule has 7 heteroatoms. The Balaban J connectivity index is -0.0000000453. The van der Waals surface area contributed by atoms with E-state index >= 15 is 0 Å². The number of aliphatic hydroxyl groups excluding tert-OH is 2. The summed E-state index contributed by atoms with van der Waals surface area (Å²) in [4.78, 5) is 17.3. The Morgan fingerprint density at radius 1 is 0.579 bits per heavy atom. The molecule has 0 spiro atoms. The summed E-state index contributed by atoms with van der Waals surface area (Å²) in [6.07, 6.45) is -0.333. The van der Waals surface area contributed by atoms with Crippen LogP contribution in [0.15, 0.2) is 0 Å². The van der Waals surface area contributed by atoms with E-state index < -0.39 is 16.6 Å². The average Bonchev–Trinajstić information content (AvgIpc) is 1.70. The third-order valence-corrected chi connectivity index (χ3v) is 0. The zero-order valence-electron chi connectivity index (χ0n) is 14.4. The summed E-state index contributed by atoms with van der Waals surface area (Å²) in [5.41, 5.74) is 0. The first-order valence-electron chi connectivity index (χ1n) is 6.27. The summed E-state index contributed by atoms with van der Waals surface area (Å²) in [5.74, 6) is 0. The van der Waals surface area contributed by atoms with Crippen molar-refractivity contribution in [1.29, 1.82) is 0 Å². The van der Waals surface area contributed by atoms with Gasteiger partial charge in [0.15, 0.2) is 16.6 Å². The van der Waals surface area contributed by atoms with Crippen LogP contribution in [0.2, 0.25) is 39.3 Å². The van der Waals surface area contributed by atoms with Crippen LogP contribution in [0, 0.1) is 0 Å². The van der Waals surface area contributed by atoms with Gasteiger partial charge < -0.3 is 19.8 Å². The van der Waals surface area contributed by atoms with Gasteiger partial charge in [0, 0.05) is 33.9 Å². The van der Waals surface area contributed by atoms with Gasteiger partial charge in [-0.1, -0.05) is 0 Å². The minimum absolute atomic E-state index is 0. The predicted octanol–water partition coefficient (Wildman–Crippen LogP) is 2.40.